The standard InChI is InChI=1S/C20H28N4O2/c1-15-21-18-7-9-23(19(25)14-16-4-2-3-5-16)8-6-17(18)20(22-15)24-10-12-26-13-11-24/h2,4,16H,3,5-14H2,1H3/t16-/m1/s1. The average molecular weight is 356 g/mol. The van der Waals surface area contributed by atoms with Crippen molar-refractivity contribution in [1.82, 2.24) is 14.9 Å². The Bertz CT molecular complexity index is 697. The lowest BCUT2D eigenvalue weighted by Crippen LogP contribution is -2.38. The maximum Gasteiger partial charge on any atom is 0.223 e. The van der Waals surface area contributed by atoms with Gasteiger partial charge in [-0.3, -0.25) is 4.79 Å². The third-order valence-corrected chi connectivity index (χ3v) is 5.65. The zero-order valence-electron chi connectivity index (χ0n) is 15.6. The first-order chi connectivity index (χ1) is 12.7. The number of fused-ring (bicyclic) bond motifs is 1. The summed E-state index contributed by atoms with van der Waals surface area (Å²) in [6, 6.07) is 0. The quantitative estimate of drug-likeness (QED) is 0.775. The first kappa shape index (κ1) is 17.5. The number of carbonyl (C=O) groups is 1. The molecule has 0 N–H and O–H groups in total. The van der Waals surface area contributed by atoms with Crippen LogP contribution in [0.15, 0.2) is 12.2 Å². The zero-order chi connectivity index (χ0) is 17.9. The maximum absolute atomic E-state index is 12.7. The fraction of sp³-hybridized carbons (Fsp3) is 0.650. The summed E-state index contributed by atoms with van der Waals surface area (Å²) in [5.74, 6) is 2.59. The van der Waals surface area contributed by atoms with Gasteiger partial charge < -0.3 is 14.5 Å². The van der Waals surface area contributed by atoms with Gasteiger partial charge in [0.15, 0.2) is 0 Å². The van der Waals surface area contributed by atoms with Crippen LogP contribution in [0.5, 0.6) is 0 Å². The second-order valence-corrected chi connectivity index (χ2v) is 7.47. The van der Waals surface area contributed by atoms with Gasteiger partial charge in [0, 0.05) is 44.6 Å². The number of nitrogens with zero attached hydrogens (tertiary/aromatic N) is 4. The van der Waals surface area contributed by atoms with Crippen LogP contribution in [-0.2, 0) is 22.4 Å². The summed E-state index contributed by atoms with van der Waals surface area (Å²) >= 11 is 0. The van der Waals surface area contributed by atoms with Crippen molar-refractivity contribution in [2.75, 3.05) is 44.3 Å². The van der Waals surface area contributed by atoms with Crippen LogP contribution in [-0.4, -0.2) is 60.2 Å². The molecule has 3 aliphatic rings. The number of aromatic nitrogens is 2. The summed E-state index contributed by atoms with van der Waals surface area (Å²) in [4.78, 5) is 26.6. The third kappa shape index (κ3) is 3.75. The summed E-state index contributed by atoms with van der Waals surface area (Å²) in [6.45, 7) is 6.74. The first-order valence-electron chi connectivity index (χ1n) is 9.84. The topological polar surface area (TPSA) is 58.6 Å². The molecule has 0 saturated carbocycles. The number of anilines is 1. The smallest absolute Gasteiger partial charge is 0.223 e. The Morgan fingerprint density at radius 3 is 2.77 bits per heavy atom. The molecular formula is C20H28N4O2. The molecule has 0 radical (unpaired) electrons. The second-order valence-electron chi connectivity index (χ2n) is 7.47. The van der Waals surface area contributed by atoms with E-state index in [2.05, 4.69) is 17.1 Å². The summed E-state index contributed by atoms with van der Waals surface area (Å²) in [5.41, 5.74) is 2.35. The van der Waals surface area contributed by atoms with Gasteiger partial charge in [-0.2, -0.15) is 0 Å². The highest BCUT2D eigenvalue weighted by molar-refractivity contribution is 5.77. The molecule has 6 nitrogen and oxygen atoms in total. The van der Waals surface area contributed by atoms with E-state index in [4.69, 9.17) is 14.7 Å². The maximum atomic E-state index is 12.7. The van der Waals surface area contributed by atoms with Crippen molar-refractivity contribution >= 4 is 11.7 Å². The van der Waals surface area contributed by atoms with E-state index < -0.39 is 0 Å². The van der Waals surface area contributed by atoms with Crippen molar-refractivity contribution in [2.24, 2.45) is 5.92 Å². The Morgan fingerprint density at radius 2 is 2.00 bits per heavy atom. The third-order valence-electron chi connectivity index (χ3n) is 5.65. The summed E-state index contributed by atoms with van der Waals surface area (Å²) in [5, 5.41) is 0. The molecule has 1 fully saturated rings. The Morgan fingerprint density at radius 1 is 1.19 bits per heavy atom. The zero-order valence-corrected chi connectivity index (χ0v) is 15.6. The Hall–Kier alpha value is -1.95. The highest BCUT2D eigenvalue weighted by Gasteiger charge is 2.26. The predicted molar refractivity (Wildman–Crippen MR) is 100 cm³/mol. The lowest BCUT2D eigenvalue weighted by atomic mass is 10.0. The second kappa shape index (κ2) is 7.74. The van der Waals surface area contributed by atoms with E-state index in [0.29, 0.717) is 12.3 Å². The van der Waals surface area contributed by atoms with Gasteiger partial charge in [-0.1, -0.05) is 12.2 Å². The van der Waals surface area contributed by atoms with Crippen LogP contribution < -0.4 is 4.90 Å². The summed E-state index contributed by atoms with van der Waals surface area (Å²) in [7, 11) is 0. The van der Waals surface area contributed by atoms with Gasteiger partial charge in [-0.25, -0.2) is 9.97 Å². The predicted octanol–water partition coefficient (Wildman–Crippen LogP) is 1.91. The van der Waals surface area contributed by atoms with E-state index in [1.54, 1.807) is 0 Å². The van der Waals surface area contributed by atoms with Gasteiger partial charge in [-0.15, -0.1) is 0 Å². The van der Waals surface area contributed by atoms with E-state index in [1.807, 2.05) is 11.8 Å². The molecule has 2 aliphatic heterocycles. The fourth-order valence-electron chi connectivity index (χ4n) is 4.20. The van der Waals surface area contributed by atoms with E-state index in [9.17, 15) is 4.79 Å². The number of aryl methyl sites for hydroxylation is 1. The van der Waals surface area contributed by atoms with Gasteiger partial charge >= 0.3 is 0 Å². The number of morpholine rings is 1. The highest BCUT2D eigenvalue weighted by Crippen LogP contribution is 2.27. The number of carbonyl (C=O) groups excluding carboxylic acids is 1. The molecule has 0 aromatic carbocycles. The molecule has 1 saturated heterocycles. The Balaban J connectivity index is 1.50. The van der Waals surface area contributed by atoms with E-state index in [-0.39, 0.29) is 5.91 Å². The van der Waals surface area contributed by atoms with Crippen LogP contribution in [0, 0.1) is 12.8 Å². The number of allylic oxidation sites excluding steroid dienone is 2. The molecule has 3 heterocycles. The molecule has 1 aliphatic carbocycles. The van der Waals surface area contributed by atoms with Gasteiger partial charge in [0.2, 0.25) is 5.91 Å². The van der Waals surface area contributed by atoms with Crippen LogP contribution in [0.25, 0.3) is 0 Å². The monoisotopic (exact) mass is 356 g/mol. The van der Waals surface area contributed by atoms with Crippen molar-refractivity contribution < 1.29 is 9.53 Å². The molecule has 140 valence electrons. The van der Waals surface area contributed by atoms with E-state index in [0.717, 1.165) is 82.4 Å². The average Bonchev–Trinajstić information content (AvgIpc) is 3.06. The van der Waals surface area contributed by atoms with Crippen LogP contribution in [0.1, 0.15) is 36.3 Å². The van der Waals surface area contributed by atoms with Gasteiger partial charge in [0.25, 0.3) is 0 Å². The van der Waals surface area contributed by atoms with Crippen molar-refractivity contribution in [3.8, 4) is 0 Å². The van der Waals surface area contributed by atoms with Crippen LogP contribution in [0.3, 0.4) is 0 Å². The lowest BCUT2D eigenvalue weighted by molar-refractivity contribution is -0.131. The minimum absolute atomic E-state index is 0.284. The normalized spacial score (nSPS) is 23.0. The van der Waals surface area contributed by atoms with Crippen LogP contribution in [0.4, 0.5) is 5.82 Å². The minimum atomic E-state index is 0.284. The van der Waals surface area contributed by atoms with Crippen molar-refractivity contribution in [1.29, 1.82) is 0 Å². The summed E-state index contributed by atoms with van der Waals surface area (Å²) < 4.78 is 5.49. The SMILES string of the molecule is Cc1nc2c(c(N3CCOCC3)n1)CCN(C(=O)C[C@@H]1C=CCC1)CC2. The number of rotatable bonds is 3. The molecule has 0 bridgehead atoms. The van der Waals surface area contributed by atoms with Crippen molar-refractivity contribution in [2.45, 2.75) is 39.0 Å². The molecule has 1 atom stereocenters. The van der Waals surface area contributed by atoms with Gasteiger partial charge in [0.05, 0.1) is 18.9 Å². The van der Waals surface area contributed by atoms with E-state index in [1.165, 1.54) is 5.56 Å². The molecule has 1 aromatic heterocycles. The van der Waals surface area contributed by atoms with Crippen LogP contribution in [0.2, 0.25) is 0 Å². The van der Waals surface area contributed by atoms with Gasteiger partial charge in [0.1, 0.15) is 11.6 Å². The molecule has 26 heavy (non-hydrogen) atoms. The fourth-order valence-corrected chi connectivity index (χ4v) is 4.20. The Labute approximate surface area is 155 Å². The summed E-state index contributed by atoms with van der Waals surface area (Å²) in [6.07, 6.45) is 8.94. The lowest BCUT2D eigenvalue weighted by Gasteiger charge is -2.30. The van der Waals surface area contributed by atoms with E-state index >= 15 is 0 Å². The number of ether oxygens (including phenoxy) is 1. The number of hydrogen-bond acceptors (Lipinski definition) is 5. The van der Waals surface area contributed by atoms with Crippen molar-refractivity contribution in [3.63, 3.8) is 0 Å². The molecule has 4 rings (SSSR count). The van der Waals surface area contributed by atoms with Crippen molar-refractivity contribution in [3.05, 3.63) is 29.2 Å². The molecule has 1 amide bonds. The Kier molecular flexibility index (Phi) is 5.20. The highest BCUT2D eigenvalue weighted by atomic mass is 16.5. The minimum Gasteiger partial charge on any atom is -0.378 e. The molecule has 6 heteroatoms. The molecule has 0 spiro atoms. The largest absolute Gasteiger partial charge is 0.378 e. The van der Waals surface area contributed by atoms with Crippen LogP contribution >= 0.6 is 0 Å². The molecule has 0 unspecified atom stereocenters. The van der Waals surface area contributed by atoms with Gasteiger partial charge in [-0.05, 0) is 32.1 Å². The number of hydrogen-bond donors (Lipinski definition) is 0. The number of amides is 1. The molecular weight excluding hydrogens is 328 g/mol. The first-order valence-corrected chi connectivity index (χ1v) is 9.84. The molecule has 1 aromatic rings.